The predicted molar refractivity (Wildman–Crippen MR) is 135 cm³/mol. The largest absolute Gasteiger partial charge is 0.147 e. The molecule has 0 amide bonds. The topological polar surface area (TPSA) is 0 Å². The minimum atomic E-state index is -1.99. The van der Waals surface area contributed by atoms with Gasteiger partial charge in [-0.05, 0) is 0 Å². The van der Waals surface area contributed by atoms with E-state index in [4.69, 9.17) is 0 Å². The first-order valence-corrected chi connectivity index (χ1v) is 19.3. The molecule has 2 aliphatic rings. The van der Waals surface area contributed by atoms with Gasteiger partial charge in [0.05, 0.1) is 0 Å². The average Bonchev–Trinajstić information content (AvgIpc) is 3.16. The number of benzene rings is 2. The number of allylic oxidation sites excluding steroid dienone is 5. The summed E-state index contributed by atoms with van der Waals surface area (Å²) in [6, 6.07) is 16.0. The van der Waals surface area contributed by atoms with Crippen molar-refractivity contribution in [3.05, 3.63) is 97.1 Å². The van der Waals surface area contributed by atoms with Gasteiger partial charge >= 0.3 is 183 Å². The number of fused-ring (bicyclic) bond motifs is 1. The quantitative estimate of drug-likeness (QED) is 0.336. The standard InChI is InChI=1S/C15H10F.C9H13.C2H6Si.2ClH.Zr/c16-13-6-3-5-12(10-13)15-9-8-11-4-1-2-7-14(11)15;1-6-5-7(2)9(4)8(6)3;1-3-2;;;/h1-10H;6H,1-4H3;1-2H3;2*1H;. The van der Waals surface area contributed by atoms with E-state index in [0.29, 0.717) is 9.54 Å². The molecule has 0 radical (unpaired) electrons. The summed E-state index contributed by atoms with van der Waals surface area (Å²) in [5, 5.41) is 0. The zero-order valence-electron chi connectivity index (χ0n) is 19.0. The smallest absolute Gasteiger partial charge is 0.147 e. The molecule has 2 unspecified atom stereocenters. The maximum Gasteiger partial charge on any atom is -0.147 e. The maximum absolute atomic E-state index is 14.0. The molecule has 0 fully saturated rings. The van der Waals surface area contributed by atoms with Gasteiger partial charge in [-0.1, -0.05) is 0 Å². The Morgan fingerprint density at radius 2 is 1.58 bits per heavy atom. The Hall–Kier alpha value is -0.730. The molecule has 2 atom stereocenters. The molecule has 0 saturated carbocycles. The molecule has 5 heteroatoms. The molecule has 0 aliphatic heterocycles. The van der Waals surface area contributed by atoms with Gasteiger partial charge in [0.15, 0.2) is 0 Å². The zero-order chi connectivity index (χ0) is 20.9. The van der Waals surface area contributed by atoms with Gasteiger partial charge in [-0.15, -0.1) is 24.8 Å². The van der Waals surface area contributed by atoms with Gasteiger partial charge in [0, 0.05) is 0 Å². The van der Waals surface area contributed by atoms with E-state index in [0.717, 1.165) is 5.56 Å². The first-order valence-electron chi connectivity index (χ1n) is 10.4. The van der Waals surface area contributed by atoms with Crippen molar-refractivity contribution in [1.29, 1.82) is 0 Å². The first kappa shape index (κ1) is 26.5. The predicted octanol–water partition coefficient (Wildman–Crippen LogP) is 8.29. The Labute approximate surface area is 206 Å². The third-order valence-electron chi connectivity index (χ3n) is 6.84. The van der Waals surface area contributed by atoms with Gasteiger partial charge in [0.2, 0.25) is 0 Å². The molecule has 2 aromatic carbocycles. The molecule has 0 heterocycles. The molecule has 0 nitrogen and oxygen atoms in total. The Bertz CT molecular complexity index is 1140. The van der Waals surface area contributed by atoms with E-state index in [2.05, 4.69) is 77.2 Å². The molecule has 4 rings (SSSR count). The molecule has 0 bridgehead atoms. The number of hydrogen-bond donors (Lipinski definition) is 0. The summed E-state index contributed by atoms with van der Waals surface area (Å²) in [6.07, 6.45) is 2.52. The SMILES string of the molecule is CC1=C(C)C(C)[C]([Zr]([CH]2C=C(c3cccc(F)c3)c3ccccc32)=[Si](C)C)=C1C.Cl.Cl. The molecule has 31 heavy (non-hydrogen) atoms. The van der Waals surface area contributed by atoms with Gasteiger partial charge in [-0.3, -0.25) is 0 Å². The van der Waals surface area contributed by atoms with Crippen LogP contribution < -0.4 is 0 Å². The van der Waals surface area contributed by atoms with Crippen molar-refractivity contribution in [3.63, 3.8) is 0 Å². The van der Waals surface area contributed by atoms with E-state index in [9.17, 15) is 4.39 Å². The van der Waals surface area contributed by atoms with Crippen LogP contribution in [0.15, 0.2) is 74.6 Å². The van der Waals surface area contributed by atoms with E-state index in [-0.39, 0.29) is 30.6 Å². The van der Waals surface area contributed by atoms with Gasteiger partial charge in [-0.2, -0.15) is 0 Å². The van der Waals surface area contributed by atoms with Crippen LogP contribution in [0.5, 0.6) is 0 Å². The van der Waals surface area contributed by atoms with Crippen LogP contribution in [0, 0.1) is 11.7 Å². The number of halogens is 3. The molecule has 2 aliphatic carbocycles. The van der Waals surface area contributed by atoms with Crippen molar-refractivity contribution >= 4 is 35.8 Å². The van der Waals surface area contributed by atoms with E-state index in [1.165, 1.54) is 28.3 Å². The summed E-state index contributed by atoms with van der Waals surface area (Å²) in [5.41, 5.74) is 9.31. The van der Waals surface area contributed by atoms with Crippen molar-refractivity contribution in [2.75, 3.05) is 0 Å². The molecule has 2 aromatic rings. The average molecular weight is 553 g/mol. The van der Waals surface area contributed by atoms with E-state index in [1.54, 1.807) is 17.2 Å². The van der Waals surface area contributed by atoms with Crippen LogP contribution in [-0.2, 0) is 20.4 Å². The second kappa shape index (κ2) is 10.5. The second-order valence-corrected chi connectivity index (χ2v) is 26.1. The van der Waals surface area contributed by atoms with Crippen molar-refractivity contribution < 1.29 is 24.8 Å². The summed E-state index contributed by atoms with van der Waals surface area (Å²) < 4.78 is 16.4. The maximum atomic E-state index is 14.0. The van der Waals surface area contributed by atoms with Crippen LogP contribution in [0.25, 0.3) is 5.57 Å². The molecule has 0 aromatic heterocycles. The molecular weight excluding hydrogens is 522 g/mol. The first-order chi connectivity index (χ1) is 13.8. The van der Waals surface area contributed by atoms with Crippen molar-refractivity contribution in [2.45, 2.75) is 44.4 Å². The summed E-state index contributed by atoms with van der Waals surface area (Å²) in [4.78, 5) is 0. The summed E-state index contributed by atoms with van der Waals surface area (Å²) in [7, 11) is 0. The fraction of sp³-hybridized carbons (Fsp3) is 0.308. The van der Waals surface area contributed by atoms with Gasteiger partial charge in [-0.25, -0.2) is 0 Å². The summed E-state index contributed by atoms with van der Waals surface area (Å²) in [5.74, 6) is 0.445. The summed E-state index contributed by atoms with van der Waals surface area (Å²) >= 11 is -1.99. The zero-order valence-corrected chi connectivity index (χ0v) is 24.1. The monoisotopic (exact) mass is 550 g/mol. The normalized spacial score (nSPS) is 19.5. The van der Waals surface area contributed by atoms with Crippen LogP contribution >= 0.6 is 24.8 Å². The van der Waals surface area contributed by atoms with E-state index in [1.807, 2.05) is 9.35 Å². The van der Waals surface area contributed by atoms with Gasteiger partial charge < -0.3 is 0 Å². The number of rotatable bonds is 3. The minimum Gasteiger partial charge on any atom is -0.147 e. The van der Waals surface area contributed by atoms with E-state index >= 15 is 0 Å². The Morgan fingerprint density at radius 1 is 0.903 bits per heavy atom. The molecule has 0 spiro atoms. The van der Waals surface area contributed by atoms with Crippen LogP contribution in [0.2, 0.25) is 13.1 Å². The van der Waals surface area contributed by atoms with Crippen molar-refractivity contribution in [2.24, 2.45) is 5.92 Å². The fourth-order valence-electron chi connectivity index (χ4n) is 5.05. The molecule has 0 saturated heterocycles. The molecular formula is C26H31Cl2FSiZr. The molecule has 0 N–H and O–H groups in total. The third kappa shape index (κ3) is 4.67. The van der Waals surface area contributed by atoms with Crippen molar-refractivity contribution in [3.8, 4) is 0 Å². The van der Waals surface area contributed by atoms with Gasteiger partial charge in [0.25, 0.3) is 0 Å². The Morgan fingerprint density at radius 3 is 2.16 bits per heavy atom. The van der Waals surface area contributed by atoms with Crippen LogP contribution in [-0.4, -0.2) is 5.43 Å². The Balaban J connectivity index is 0.00000171. The van der Waals surface area contributed by atoms with Crippen LogP contribution in [0.1, 0.15) is 48.0 Å². The van der Waals surface area contributed by atoms with Crippen LogP contribution in [0.4, 0.5) is 4.39 Å². The summed E-state index contributed by atoms with van der Waals surface area (Å²) in [6.45, 7) is 14.5. The minimum absolute atomic E-state index is 0. The fourth-order valence-corrected chi connectivity index (χ4v) is 24.7. The second-order valence-electron chi connectivity index (χ2n) is 8.64. The third-order valence-corrected chi connectivity index (χ3v) is 25.4. The van der Waals surface area contributed by atoms with Crippen molar-refractivity contribution in [1.82, 2.24) is 0 Å². The van der Waals surface area contributed by atoms with Crippen LogP contribution in [0.3, 0.4) is 0 Å². The number of hydrogen-bond acceptors (Lipinski definition) is 0. The molecule has 164 valence electrons. The Kier molecular flexibility index (Phi) is 8.96. The van der Waals surface area contributed by atoms with E-state index < -0.39 is 25.8 Å². The van der Waals surface area contributed by atoms with Gasteiger partial charge in [0.1, 0.15) is 0 Å².